The minimum absolute atomic E-state index is 0.540. The second kappa shape index (κ2) is 4.90. The summed E-state index contributed by atoms with van der Waals surface area (Å²) >= 11 is 1.70. The molecule has 2 aromatic rings. The molecular formula is C14H14N2OS. The van der Waals surface area contributed by atoms with Crippen molar-refractivity contribution in [2.75, 3.05) is 4.90 Å². The number of carbonyl (C=O) groups is 1. The van der Waals surface area contributed by atoms with Gasteiger partial charge >= 0.3 is 0 Å². The maximum Gasteiger partial charge on any atom is 0.153 e. The molecule has 0 radical (unpaired) electrons. The topological polar surface area (TPSA) is 33.2 Å². The minimum atomic E-state index is 0.540. The van der Waals surface area contributed by atoms with Crippen LogP contribution in [-0.4, -0.2) is 17.3 Å². The number of nitrogens with zero attached hydrogens (tertiary/aromatic N) is 2. The van der Waals surface area contributed by atoms with Gasteiger partial charge in [0, 0.05) is 18.8 Å². The molecule has 3 nitrogen and oxygen atoms in total. The van der Waals surface area contributed by atoms with Gasteiger partial charge in [-0.1, -0.05) is 0 Å². The van der Waals surface area contributed by atoms with Gasteiger partial charge in [-0.15, -0.1) is 0 Å². The number of hydrogen-bond donors (Lipinski definition) is 0. The van der Waals surface area contributed by atoms with Gasteiger partial charge in [0.25, 0.3) is 0 Å². The Balaban J connectivity index is 1.91. The summed E-state index contributed by atoms with van der Waals surface area (Å²) in [5.41, 5.74) is 1.97. The molecule has 0 aromatic carbocycles. The van der Waals surface area contributed by atoms with Crippen LogP contribution in [0.25, 0.3) is 0 Å². The first kappa shape index (κ1) is 11.4. The highest BCUT2D eigenvalue weighted by Gasteiger charge is 2.31. The van der Waals surface area contributed by atoms with E-state index in [4.69, 9.17) is 0 Å². The van der Waals surface area contributed by atoms with E-state index in [9.17, 15) is 4.79 Å². The highest BCUT2D eigenvalue weighted by molar-refractivity contribution is 7.07. The van der Waals surface area contributed by atoms with Gasteiger partial charge in [-0.3, -0.25) is 4.79 Å². The molecule has 2 aromatic heterocycles. The smallest absolute Gasteiger partial charge is 0.153 e. The Hall–Kier alpha value is -1.68. The molecule has 3 rings (SSSR count). The van der Waals surface area contributed by atoms with Crippen molar-refractivity contribution in [3.05, 3.63) is 46.3 Å². The first-order valence-corrected chi connectivity index (χ1v) is 7.00. The summed E-state index contributed by atoms with van der Waals surface area (Å²) in [4.78, 5) is 17.8. The van der Waals surface area contributed by atoms with Crippen LogP contribution < -0.4 is 4.90 Å². The Labute approximate surface area is 110 Å². The summed E-state index contributed by atoms with van der Waals surface area (Å²) < 4.78 is 0. The standard InChI is InChI=1S/C14H14N2OS/c17-9-12-2-1-6-15-14(12)16(13-3-4-13)8-11-5-7-18-10-11/h1-2,5-7,9-10,13H,3-4,8H2. The zero-order valence-electron chi connectivity index (χ0n) is 9.95. The van der Waals surface area contributed by atoms with Gasteiger partial charge in [-0.2, -0.15) is 11.3 Å². The highest BCUT2D eigenvalue weighted by atomic mass is 32.1. The van der Waals surface area contributed by atoms with E-state index in [1.54, 1.807) is 17.5 Å². The first-order valence-electron chi connectivity index (χ1n) is 6.06. The Morgan fingerprint density at radius 3 is 3.00 bits per heavy atom. The third-order valence-electron chi connectivity index (χ3n) is 3.14. The lowest BCUT2D eigenvalue weighted by Crippen LogP contribution is -2.26. The van der Waals surface area contributed by atoms with Gasteiger partial charge in [0.05, 0.1) is 5.56 Å². The third-order valence-corrected chi connectivity index (χ3v) is 3.87. The lowest BCUT2D eigenvalue weighted by atomic mass is 10.2. The van der Waals surface area contributed by atoms with Crippen LogP contribution in [0.4, 0.5) is 5.82 Å². The summed E-state index contributed by atoms with van der Waals surface area (Å²) in [5, 5.41) is 4.23. The lowest BCUT2D eigenvalue weighted by molar-refractivity contribution is 0.112. The van der Waals surface area contributed by atoms with Crippen LogP contribution >= 0.6 is 11.3 Å². The molecule has 4 heteroatoms. The van der Waals surface area contributed by atoms with Crippen molar-refractivity contribution in [3.8, 4) is 0 Å². The molecule has 0 amide bonds. The normalized spacial score (nSPS) is 14.4. The number of pyridine rings is 1. The van der Waals surface area contributed by atoms with Crippen molar-refractivity contribution < 1.29 is 4.79 Å². The minimum Gasteiger partial charge on any atom is -0.349 e. The lowest BCUT2D eigenvalue weighted by Gasteiger charge is -2.24. The predicted molar refractivity (Wildman–Crippen MR) is 73.1 cm³/mol. The molecule has 0 spiro atoms. The van der Waals surface area contributed by atoms with Crippen LogP contribution in [0.3, 0.4) is 0 Å². The van der Waals surface area contributed by atoms with E-state index in [1.807, 2.05) is 12.1 Å². The predicted octanol–water partition coefficient (Wildman–Crippen LogP) is 3.12. The van der Waals surface area contributed by atoms with Crippen LogP contribution in [0, 0.1) is 0 Å². The maximum absolute atomic E-state index is 11.1. The molecular weight excluding hydrogens is 244 g/mol. The largest absolute Gasteiger partial charge is 0.349 e. The molecule has 0 saturated heterocycles. The van der Waals surface area contributed by atoms with E-state index in [2.05, 4.69) is 26.7 Å². The van der Waals surface area contributed by atoms with Crippen LogP contribution in [0.2, 0.25) is 0 Å². The molecule has 0 aliphatic heterocycles. The third kappa shape index (κ3) is 2.29. The zero-order chi connectivity index (χ0) is 12.4. The van der Waals surface area contributed by atoms with E-state index < -0.39 is 0 Å². The number of rotatable bonds is 5. The number of aldehydes is 1. The fraction of sp³-hybridized carbons (Fsp3) is 0.286. The van der Waals surface area contributed by atoms with E-state index in [1.165, 1.54) is 18.4 Å². The quantitative estimate of drug-likeness (QED) is 0.773. The van der Waals surface area contributed by atoms with Crippen molar-refractivity contribution in [2.45, 2.75) is 25.4 Å². The Bertz CT molecular complexity index is 534. The fourth-order valence-electron chi connectivity index (χ4n) is 2.08. The van der Waals surface area contributed by atoms with Gasteiger partial charge < -0.3 is 4.90 Å². The zero-order valence-corrected chi connectivity index (χ0v) is 10.8. The molecule has 1 aliphatic rings. The van der Waals surface area contributed by atoms with Crippen LogP contribution in [0.15, 0.2) is 35.2 Å². The molecule has 1 saturated carbocycles. The molecule has 0 bridgehead atoms. The molecule has 1 fully saturated rings. The van der Waals surface area contributed by atoms with Crippen molar-refractivity contribution in [1.29, 1.82) is 0 Å². The van der Waals surface area contributed by atoms with E-state index in [0.29, 0.717) is 11.6 Å². The monoisotopic (exact) mass is 258 g/mol. The van der Waals surface area contributed by atoms with Gasteiger partial charge in [-0.05, 0) is 47.4 Å². The second-order valence-electron chi connectivity index (χ2n) is 4.52. The van der Waals surface area contributed by atoms with Crippen LogP contribution in [-0.2, 0) is 6.54 Å². The molecule has 2 heterocycles. The Morgan fingerprint density at radius 1 is 1.44 bits per heavy atom. The van der Waals surface area contributed by atoms with Gasteiger partial charge in [-0.25, -0.2) is 4.98 Å². The summed E-state index contributed by atoms with van der Waals surface area (Å²) in [6.45, 7) is 0.839. The molecule has 0 unspecified atom stereocenters. The first-order chi connectivity index (χ1) is 8.88. The maximum atomic E-state index is 11.1. The average Bonchev–Trinajstić information content (AvgIpc) is 3.13. The number of anilines is 1. The van der Waals surface area contributed by atoms with E-state index in [-0.39, 0.29) is 0 Å². The molecule has 0 atom stereocenters. The van der Waals surface area contributed by atoms with Crippen molar-refractivity contribution in [2.24, 2.45) is 0 Å². The summed E-state index contributed by atoms with van der Waals surface area (Å²) in [7, 11) is 0. The molecule has 92 valence electrons. The molecule has 0 N–H and O–H groups in total. The summed E-state index contributed by atoms with van der Waals surface area (Å²) in [5.74, 6) is 0.821. The average molecular weight is 258 g/mol. The molecule has 1 aliphatic carbocycles. The Morgan fingerprint density at radius 2 is 2.33 bits per heavy atom. The van der Waals surface area contributed by atoms with Crippen LogP contribution in [0.1, 0.15) is 28.8 Å². The van der Waals surface area contributed by atoms with Crippen LogP contribution in [0.5, 0.6) is 0 Å². The molecule has 18 heavy (non-hydrogen) atoms. The highest BCUT2D eigenvalue weighted by Crippen LogP contribution is 2.33. The van der Waals surface area contributed by atoms with Crippen molar-refractivity contribution >= 4 is 23.4 Å². The number of aromatic nitrogens is 1. The Kier molecular flexibility index (Phi) is 3.11. The fourth-order valence-corrected chi connectivity index (χ4v) is 2.74. The number of hydrogen-bond acceptors (Lipinski definition) is 4. The van der Waals surface area contributed by atoms with E-state index in [0.717, 1.165) is 18.6 Å². The number of thiophene rings is 1. The van der Waals surface area contributed by atoms with Gasteiger partial charge in [0.1, 0.15) is 5.82 Å². The summed E-state index contributed by atoms with van der Waals surface area (Å²) in [6.07, 6.45) is 5.04. The van der Waals surface area contributed by atoms with E-state index >= 15 is 0 Å². The van der Waals surface area contributed by atoms with Crippen molar-refractivity contribution in [1.82, 2.24) is 4.98 Å². The van der Waals surface area contributed by atoms with Gasteiger partial charge in [0.2, 0.25) is 0 Å². The SMILES string of the molecule is O=Cc1cccnc1N(Cc1ccsc1)C1CC1. The number of carbonyl (C=O) groups excluding carboxylic acids is 1. The van der Waals surface area contributed by atoms with Crippen molar-refractivity contribution in [3.63, 3.8) is 0 Å². The summed E-state index contributed by atoms with van der Waals surface area (Å²) in [6, 6.07) is 6.31. The second-order valence-corrected chi connectivity index (χ2v) is 5.30. The van der Waals surface area contributed by atoms with Gasteiger partial charge in [0.15, 0.2) is 6.29 Å².